The number of hydrogen-bond donors (Lipinski definition) is 1. The number of benzene rings is 1. The first-order valence-electron chi connectivity index (χ1n) is 7.91. The van der Waals surface area contributed by atoms with Crippen molar-refractivity contribution in [2.45, 2.75) is 39.2 Å². The van der Waals surface area contributed by atoms with E-state index in [-0.39, 0.29) is 35.7 Å². The van der Waals surface area contributed by atoms with Gasteiger partial charge in [0.15, 0.2) is 0 Å². The first-order valence-corrected chi connectivity index (χ1v) is 7.91. The van der Waals surface area contributed by atoms with Gasteiger partial charge in [0.25, 0.3) is 0 Å². The van der Waals surface area contributed by atoms with Crippen molar-refractivity contribution in [3.63, 3.8) is 0 Å². The lowest BCUT2D eigenvalue weighted by Gasteiger charge is -2.43. The summed E-state index contributed by atoms with van der Waals surface area (Å²) in [4.78, 5) is 14.7. The number of rotatable bonds is 2. The van der Waals surface area contributed by atoms with E-state index in [1.165, 1.54) is 0 Å². The number of fused-ring (bicyclic) bond motifs is 1. The molecule has 5 heteroatoms. The van der Waals surface area contributed by atoms with Crippen molar-refractivity contribution in [1.29, 1.82) is 0 Å². The third kappa shape index (κ3) is 3.38. The number of carbonyl (C=O) groups is 1. The van der Waals surface area contributed by atoms with Crippen LogP contribution in [0.15, 0.2) is 34.7 Å². The lowest BCUT2D eigenvalue weighted by atomic mass is 9.79. The van der Waals surface area contributed by atoms with Gasteiger partial charge in [-0.05, 0) is 30.9 Å². The second kappa shape index (κ2) is 6.54. The fourth-order valence-electron chi connectivity index (χ4n) is 3.17. The minimum Gasteiger partial charge on any atom is -0.460 e. The van der Waals surface area contributed by atoms with Crippen molar-refractivity contribution in [2.24, 2.45) is 11.1 Å². The van der Waals surface area contributed by atoms with E-state index < -0.39 is 0 Å². The summed E-state index contributed by atoms with van der Waals surface area (Å²) in [5.74, 6) is 0.593. The highest BCUT2D eigenvalue weighted by atomic mass is 35.5. The third-order valence-corrected chi connectivity index (χ3v) is 4.87. The maximum atomic E-state index is 12.8. The van der Waals surface area contributed by atoms with Gasteiger partial charge in [0.05, 0.1) is 5.92 Å². The molecule has 2 aromatic rings. The molecule has 1 aromatic carbocycles. The Kier molecular flexibility index (Phi) is 5.07. The van der Waals surface area contributed by atoms with Crippen molar-refractivity contribution >= 4 is 29.3 Å². The topological polar surface area (TPSA) is 59.5 Å². The van der Waals surface area contributed by atoms with E-state index in [2.05, 4.69) is 13.8 Å². The number of amides is 1. The van der Waals surface area contributed by atoms with Crippen molar-refractivity contribution < 1.29 is 9.21 Å². The summed E-state index contributed by atoms with van der Waals surface area (Å²) in [5, 5.41) is 1.04. The molecule has 2 unspecified atom stereocenters. The standard InChI is InChI=1S/C18H24N2O2.ClH/c1-12(15-10-13-6-4-5-7-14(13)22-15)17(21)20-9-8-16(19)18(2,3)11-20;/h4-7,10,12,16H,8-9,11,19H2,1-3H3;1H. The number of halogens is 1. The van der Waals surface area contributed by atoms with E-state index in [1.54, 1.807) is 0 Å². The van der Waals surface area contributed by atoms with Gasteiger partial charge in [-0.2, -0.15) is 0 Å². The predicted molar refractivity (Wildman–Crippen MR) is 94.8 cm³/mol. The van der Waals surface area contributed by atoms with Gasteiger partial charge in [0.2, 0.25) is 5.91 Å². The molecule has 1 saturated heterocycles. The van der Waals surface area contributed by atoms with Crippen molar-refractivity contribution in [2.75, 3.05) is 13.1 Å². The SMILES string of the molecule is CC(C(=O)N1CCC(N)C(C)(C)C1)c1cc2ccccc2o1.Cl. The fourth-order valence-corrected chi connectivity index (χ4v) is 3.17. The van der Waals surface area contributed by atoms with Gasteiger partial charge in [-0.25, -0.2) is 0 Å². The van der Waals surface area contributed by atoms with Gasteiger partial charge in [-0.1, -0.05) is 32.0 Å². The number of furan rings is 1. The molecule has 0 aliphatic carbocycles. The zero-order valence-electron chi connectivity index (χ0n) is 13.9. The van der Waals surface area contributed by atoms with Crippen molar-refractivity contribution in [3.05, 3.63) is 36.1 Å². The summed E-state index contributed by atoms with van der Waals surface area (Å²) in [5.41, 5.74) is 6.95. The van der Waals surface area contributed by atoms with E-state index in [4.69, 9.17) is 10.2 Å². The van der Waals surface area contributed by atoms with E-state index in [0.717, 1.165) is 29.7 Å². The predicted octanol–water partition coefficient (Wildman–Crippen LogP) is 3.54. The third-order valence-electron chi connectivity index (χ3n) is 4.87. The Hall–Kier alpha value is -1.52. The summed E-state index contributed by atoms with van der Waals surface area (Å²) < 4.78 is 5.84. The number of piperidine rings is 1. The highest BCUT2D eigenvalue weighted by Crippen LogP contribution is 2.31. The maximum Gasteiger partial charge on any atom is 0.233 e. The molecule has 1 amide bonds. The zero-order valence-corrected chi connectivity index (χ0v) is 14.7. The minimum atomic E-state index is -0.266. The van der Waals surface area contributed by atoms with Crippen LogP contribution >= 0.6 is 12.4 Å². The summed E-state index contributed by atoms with van der Waals surface area (Å²) >= 11 is 0. The summed E-state index contributed by atoms with van der Waals surface area (Å²) in [6, 6.07) is 9.97. The highest BCUT2D eigenvalue weighted by molar-refractivity contribution is 5.86. The Morgan fingerprint density at radius 3 is 2.74 bits per heavy atom. The van der Waals surface area contributed by atoms with E-state index in [9.17, 15) is 4.79 Å². The lowest BCUT2D eigenvalue weighted by Crippen LogP contribution is -2.54. The Bertz CT molecular complexity index is 662. The number of carbonyl (C=O) groups excluding carboxylic acids is 1. The summed E-state index contributed by atoms with van der Waals surface area (Å²) in [6.45, 7) is 7.61. The normalized spacial score (nSPS) is 21.7. The molecule has 1 aromatic heterocycles. The van der Waals surface area contributed by atoms with Crippen LogP contribution in [-0.4, -0.2) is 29.9 Å². The van der Waals surface area contributed by atoms with Crippen LogP contribution in [0.25, 0.3) is 11.0 Å². The van der Waals surface area contributed by atoms with Gasteiger partial charge in [-0.15, -0.1) is 12.4 Å². The molecule has 2 heterocycles. The number of likely N-dealkylation sites (tertiary alicyclic amines) is 1. The van der Waals surface area contributed by atoms with E-state index >= 15 is 0 Å². The molecule has 1 fully saturated rings. The van der Waals surface area contributed by atoms with Gasteiger partial charge in [0.1, 0.15) is 11.3 Å². The monoisotopic (exact) mass is 336 g/mol. The Labute approximate surface area is 143 Å². The van der Waals surface area contributed by atoms with E-state index in [1.807, 2.05) is 42.2 Å². The Balaban J connectivity index is 0.00000192. The molecule has 0 bridgehead atoms. The van der Waals surface area contributed by atoms with Crippen LogP contribution in [0.1, 0.15) is 38.9 Å². The van der Waals surface area contributed by atoms with Crippen LogP contribution in [0.2, 0.25) is 0 Å². The molecule has 0 saturated carbocycles. The number of hydrogen-bond acceptors (Lipinski definition) is 3. The smallest absolute Gasteiger partial charge is 0.233 e. The molecule has 0 radical (unpaired) electrons. The molecule has 4 nitrogen and oxygen atoms in total. The zero-order chi connectivity index (χ0) is 15.9. The molecule has 3 rings (SSSR count). The fraction of sp³-hybridized carbons (Fsp3) is 0.500. The molecule has 1 aliphatic rings. The minimum absolute atomic E-state index is 0. The van der Waals surface area contributed by atoms with Gasteiger partial charge < -0.3 is 15.1 Å². The quantitative estimate of drug-likeness (QED) is 0.912. The maximum absolute atomic E-state index is 12.8. The highest BCUT2D eigenvalue weighted by Gasteiger charge is 2.37. The molecule has 2 N–H and O–H groups in total. The summed E-state index contributed by atoms with van der Waals surface area (Å²) in [7, 11) is 0. The average molecular weight is 337 g/mol. The molecular formula is C18H25ClN2O2. The van der Waals surface area contributed by atoms with Crippen LogP contribution in [0.3, 0.4) is 0 Å². The van der Waals surface area contributed by atoms with Crippen molar-refractivity contribution in [1.82, 2.24) is 4.90 Å². The van der Waals surface area contributed by atoms with Crippen LogP contribution in [0.5, 0.6) is 0 Å². The van der Waals surface area contributed by atoms with Crippen LogP contribution in [-0.2, 0) is 4.79 Å². The molecule has 2 atom stereocenters. The Morgan fingerprint density at radius 2 is 2.09 bits per heavy atom. The van der Waals surface area contributed by atoms with Crippen LogP contribution in [0.4, 0.5) is 0 Å². The Morgan fingerprint density at radius 1 is 1.39 bits per heavy atom. The molecule has 23 heavy (non-hydrogen) atoms. The number of nitrogens with two attached hydrogens (primary N) is 1. The first-order chi connectivity index (χ1) is 10.4. The second-order valence-electron chi connectivity index (χ2n) is 7.05. The summed E-state index contributed by atoms with van der Waals surface area (Å²) in [6.07, 6.45) is 0.853. The largest absolute Gasteiger partial charge is 0.460 e. The van der Waals surface area contributed by atoms with Gasteiger partial charge in [0, 0.05) is 24.5 Å². The second-order valence-corrected chi connectivity index (χ2v) is 7.05. The molecule has 126 valence electrons. The molecular weight excluding hydrogens is 312 g/mol. The van der Waals surface area contributed by atoms with E-state index in [0.29, 0.717) is 6.54 Å². The molecule has 0 spiro atoms. The lowest BCUT2D eigenvalue weighted by molar-refractivity contribution is -0.136. The van der Waals surface area contributed by atoms with Crippen LogP contribution in [0, 0.1) is 5.41 Å². The average Bonchev–Trinajstić information content (AvgIpc) is 2.92. The molecule has 1 aliphatic heterocycles. The van der Waals surface area contributed by atoms with Gasteiger partial charge >= 0.3 is 0 Å². The van der Waals surface area contributed by atoms with Crippen molar-refractivity contribution in [3.8, 4) is 0 Å². The van der Waals surface area contributed by atoms with Crippen LogP contribution < -0.4 is 5.73 Å². The first kappa shape index (κ1) is 17.8. The number of nitrogens with zero attached hydrogens (tertiary/aromatic N) is 1. The van der Waals surface area contributed by atoms with Gasteiger partial charge in [-0.3, -0.25) is 4.79 Å². The number of para-hydroxylation sites is 1.